The van der Waals surface area contributed by atoms with Gasteiger partial charge in [0, 0.05) is 20.0 Å². The summed E-state index contributed by atoms with van der Waals surface area (Å²) in [6.45, 7) is 7.09. The first-order valence-electron chi connectivity index (χ1n) is 8.78. The van der Waals surface area contributed by atoms with Crippen molar-refractivity contribution in [2.45, 2.75) is 53.1 Å². The third-order valence-electron chi connectivity index (χ3n) is 3.67. The van der Waals surface area contributed by atoms with Crippen molar-refractivity contribution in [1.82, 2.24) is 4.90 Å². The molecule has 0 fully saturated rings. The monoisotopic (exact) mass is 351 g/mol. The molecule has 0 aliphatic rings. The molecule has 0 aliphatic heterocycles. The molecule has 0 aliphatic carbocycles. The molecule has 0 saturated heterocycles. The van der Waals surface area contributed by atoms with E-state index in [1.807, 2.05) is 0 Å². The van der Waals surface area contributed by atoms with Crippen molar-refractivity contribution in [3.05, 3.63) is 23.8 Å². The van der Waals surface area contributed by atoms with Gasteiger partial charge >= 0.3 is 12.1 Å². The largest absolute Gasteiger partial charge is 0.493 e. The van der Waals surface area contributed by atoms with Crippen LogP contribution in [0.25, 0.3) is 0 Å². The van der Waals surface area contributed by atoms with E-state index in [1.54, 1.807) is 23.1 Å². The van der Waals surface area contributed by atoms with Gasteiger partial charge in [0.15, 0.2) is 11.5 Å². The van der Waals surface area contributed by atoms with Crippen molar-refractivity contribution >= 4 is 12.1 Å². The first kappa shape index (κ1) is 20.8. The van der Waals surface area contributed by atoms with Gasteiger partial charge in [-0.25, -0.2) is 4.79 Å². The second-order valence-corrected chi connectivity index (χ2v) is 5.83. The number of unbranched alkanes of at least 4 members (excludes halogenated alkanes) is 2. The summed E-state index contributed by atoms with van der Waals surface area (Å²) in [7, 11) is 1.50. The van der Waals surface area contributed by atoms with Gasteiger partial charge < -0.3 is 19.1 Å². The van der Waals surface area contributed by atoms with E-state index in [1.165, 1.54) is 14.0 Å². The fourth-order valence-corrected chi connectivity index (χ4v) is 2.27. The quantitative estimate of drug-likeness (QED) is 0.468. The standard InChI is InChI=1S/C19H29NO5/c1-5-7-11-20(12-8-6-2)19(22)24-14-16-9-10-17(25-15(3)21)18(13-16)23-4/h9-10,13H,5-8,11-12,14H2,1-4H3. The molecule has 0 saturated carbocycles. The maximum atomic E-state index is 12.3. The molecule has 25 heavy (non-hydrogen) atoms. The molecule has 0 bridgehead atoms. The van der Waals surface area contributed by atoms with E-state index in [2.05, 4.69) is 13.8 Å². The van der Waals surface area contributed by atoms with Crippen molar-refractivity contribution in [3.8, 4) is 11.5 Å². The Balaban J connectivity index is 2.67. The predicted octanol–water partition coefficient (Wildman–Crippen LogP) is 4.16. The molecule has 1 rings (SSSR count). The van der Waals surface area contributed by atoms with Crippen LogP contribution in [-0.4, -0.2) is 37.2 Å². The minimum atomic E-state index is -0.417. The van der Waals surface area contributed by atoms with Crippen LogP contribution in [0.4, 0.5) is 4.79 Å². The molecule has 1 aromatic carbocycles. The van der Waals surface area contributed by atoms with Crippen LogP contribution in [0.3, 0.4) is 0 Å². The number of methoxy groups -OCH3 is 1. The van der Waals surface area contributed by atoms with Gasteiger partial charge in [-0.2, -0.15) is 0 Å². The van der Waals surface area contributed by atoms with Crippen LogP contribution >= 0.6 is 0 Å². The average molecular weight is 351 g/mol. The normalized spacial score (nSPS) is 10.2. The Hall–Kier alpha value is -2.24. The SMILES string of the molecule is CCCCN(CCCC)C(=O)OCc1ccc(OC(C)=O)c(OC)c1. The van der Waals surface area contributed by atoms with E-state index in [0.29, 0.717) is 24.6 Å². The van der Waals surface area contributed by atoms with Gasteiger partial charge in [0.25, 0.3) is 0 Å². The number of rotatable bonds is 10. The zero-order valence-electron chi connectivity index (χ0n) is 15.7. The third kappa shape index (κ3) is 7.45. The molecule has 1 amide bonds. The van der Waals surface area contributed by atoms with Crippen molar-refractivity contribution in [2.75, 3.05) is 20.2 Å². The minimum Gasteiger partial charge on any atom is -0.493 e. The minimum absolute atomic E-state index is 0.143. The highest BCUT2D eigenvalue weighted by atomic mass is 16.6. The number of hydrogen-bond acceptors (Lipinski definition) is 5. The maximum absolute atomic E-state index is 12.3. The molecule has 140 valence electrons. The molecule has 0 atom stereocenters. The number of nitrogens with zero attached hydrogens (tertiary/aromatic N) is 1. The molecule has 1 aromatic rings. The molecule has 0 spiro atoms. The topological polar surface area (TPSA) is 65.1 Å². The van der Waals surface area contributed by atoms with Crippen LogP contribution in [0.15, 0.2) is 18.2 Å². The van der Waals surface area contributed by atoms with Crippen LogP contribution in [0.2, 0.25) is 0 Å². The summed E-state index contributed by atoms with van der Waals surface area (Å²) >= 11 is 0. The van der Waals surface area contributed by atoms with Gasteiger partial charge in [-0.15, -0.1) is 0 Å². The first-order valence-corrected chi connectivity index (χ1v) is 8.78. The number of esters is 1. The van der Waals surface area contributed by atoms with Crippen LogP contribution in [-0.2, 0) is 16.1 Å². The van der Waals surface area contributed by atoms with Gasteiger partial charge in [0.1, 0.15) is 6.61 Å². The molecule has 6 nitrogen and oxygen atoms in total. The Kier molecular flexibility index (Phi) is 9.43. The summed E-state index contributed by atoms with van der Waals surface area (Å²) in [6.07, 6.45) is 3.69. The average Bonchev–Trinajstić information content (AvgIpc) is 2.60. The molecule has 0 radical (unpaired) electrons. The van der Waals surface area contributed by atoms with Crippen molar-refractivity contribution in [1.29, 1.82) is 0 Å². The molecule has 0 unspecified atom stereocenters. The summed E-state index contributed by atoms with van der Waals surface area (Å²) in [5.41, 5.74) is 0.770. The Labute approximate surface area is 150 Å². The van der Waals surface area contributed by atoms with Crippen LogP contribution in [0.1, 0.15) is 52.0 Å². The van der Waals surface area contributed by atoms with Crippen LogP contribution < -0.4 is 9.47 Å². The Morgan fingerprint density at radius 1 is 1.04 bits per heavy atom. The summed E-state index contributed by atoms with van der Waals surface area (Å²) in [5.74, 6) is 0.357. The van der Waals surface area contributed by atoms with Gasteiger partial charge in [0.05, 0.1) is 7.11 Å². The molecular formula is C19H29NO5. The van der Waals surface area contributed by atoms with Crippen LogP contribution in [0.5, 0.6) is 11.5 Å². The number of amides is 1. The zero-order chi connectivity index (χ0) is 18.7. The number of benzene rings is 1. The number of carbonyl (C=O) groups excluding carboxylic acids is 2. The fourth-order valence-electron chi connectivity index (χ4n) is 2.27. The lowest BCUT2D eigenvalue weighted by molar-refractivity contribution is -0.132. The van der Waals surface area contributed by atoms with Crippen molar-refractivity contribution < 1.29 is 23.8 Å². The molecule has 0 aromatic heterocycles. The van der Waals surface area contributed by atoms with Gasteiger partial charge in [-0.05, 0) is 30.5 Å². The molecule has 0 heterocycles. The lowest BCUT2D eigenvalue weighted by atomic mass is 10.2. The lowest BCUT2D eigenvalue weighted by Gasteiger charge is -2.22. The Morgan fingerprint density at radius 3 is 2.20 bits per heavy atom. The Bertz CT molecular complexity index is 551. The maximum Gasteiger partial charge on any atom is 0.410 e. The number of carbonyl (C=O) groups is 2. The number of hydrogen-bond donors (Lipinski definition) is 0. The summed E-state index contributed by atoms with van der Waals surface area (Å²) in [4.78, 5) is 25.1. The third-order valence-corrected chi connectivity index (χ3v) is 3.67. The molecule has 0 N–H and O–H groups in total. The van der Waals surface area contributed by atoms with Gasteiger partial charge in [-0.3, -0.25) is 4.79 Å². The summed E-state index contributed by atoms with van der Waals surface area (Å²) in [5, 5.41) is 0. The van der Waals surface area contributed by atoms with Crippen molar-refractivity contribution in [3.63, 3.8) is 0 Å². The second-order valence-electron chi connectivity index (χ2n) is 5.83. The van der Waals surface area contributed by atoms with Crippen LogP contribution in [0, 0.1) is 0 Å². The smallest absolute Gasteiger partial charge is 0.410 e. The summed E-state index contributed by atoms with van der Waals surface area (Å²) in [6, 6.07) is 5.08. The van der Waals surface area contributed by atoms with Gasteiger partial charge in [0.2, 0.25) is 0 Å². The van der Waals surface area contributed by atoms with Crippen molar-refractivity contribution in [2.24, 2.45) is 0 Å². The highest BCUT2D eigenvalue weighted by Crippen LogP contribution is 2.28. The van der Waals surface area contributed by atoms with E-state index < -0.39 is 5.97 Å². The zero-order valence-corrected chi connectivity index (χ0v) is 15.7. The highest BCUT2D eigenvalue weighted by molar-refractivity contribution is 5.70. The molecular weight excluding hydrogens is 322 g/mol. The number of ether oxygens (including phenoxy) is 3. The predicted molar refractivity (Wildman–Crippen MR) is 95.9 cm³/mol. The fraction of sp³-hybridized carbons (Fsp3) is 0.579. The van der Waals surface area contributed by atoms with E-state index >= 15 is 0 Å². The van der Waals surface area contributed by atoms with E-state index in [9.17, 15) is 9.59 Å². The Morgan fingerprint density at radius 2 is 1.68 bits per heavy atom. The lowest BCUT2D eigenvalue weighted by Crippen LogP contribution is -2.33. The summed E-state index contributed by atoms with van der Waals surface area (Å²) < 4.78 is 15.7. The first-order chi connectivity index (χ1) is 12.0. The van der Waals surface area contributed by atoms with E-state index in [0.717, 1.165) is 31.2 Å². The highest BCUT2D eigenvalue weighted by Gasteiger charge is 2.15. The van der Waals surface area contributed by atoms with E-state index in [4.69, 9.17) is 14.2 Å². The second kappa shape index (κ2) is 11.3. The van der Waals surface area contributed by atoms with Gasteiger partial charge in [-0.1, -0.05) is 32.8 Å². The molecule has 6 heteroatoms. The van der Waals surface area contributed by atoms with E-state index in [-0.39, 0.29) is 12.7 Å².